The third-order valence-electron chi connectivity index (χ3n) is 4.79. The fourth-order valence-electron chi connectivity index (χ4n) is 3.39. The standard InChI is InChI=1S/C22H25N3O5/c1-15-20(27-13-17-9-5-3-6-10-17)19(24-25-23)21(22(29-15)30-16(2)26)28-14-18-11-7-4-8-12-18/h3-12,15,19-22H,13-14H2,1-2H3/t15?,19?,20-,21?,22+/m1/s1. The summed E-state index contributed by atoms with van der Waals surface area (Å²) in [5.74, 6) is -0.510. The number of hydrogen-bond donors (Lipinski definition) is 0. The molecule has 0 aromatic heterocycles. The number of carbonyl (C=O) groups excluding carboxylic acids is 1. The molecule has 1 heterocycles. The maximum absolute atomic E-state index is 11.6. The molecule has 5 atom stereocenters. The Morgan fingerprint density at radius 3 is 2.03 bits per heavy atom. The van der Waals surface area contributed by atoms with E-state index in [1.165, 1.54) is 6.92 Å². The molecule has 3 unspecified atom stereocenters. The Balaban J connectivity index is 1.80. The van der Waals surface area contributed by atoms with E-state index in [1.54, 1.807) is 6.92 Å². The monoisotopic (exact) mass is 411 g/mol. The lowest BCUT2D eigenvalue weighted by molar-refractivity contribution is -0.276. The molecule has 1 fully saturated rings. The number of ether oxygens (including phenoxy) is 4. The minimum atomic E-state index is -1.01. The predicted molar refractivity (Wildman–Crippen MR) is 109 cm³/mol. The van der Waals surface area contributed by atoms with Crippen molar-refractivity contribution in [2.24, 2.45) is 5.11 Å². The Morgan fingerprint density at radius 2 is 1.53 bits per heavy atom. The van der Waals surface area contributed by atoms with E-state index in [1.807, 2.05) is 60.7 Å². The van der Waals surface area contributed by atoms with Gasteiger partial charge in [0.1, 0.15) is 6.10 Å². The molecule has 1 aliphatic rings. The van der Waals surface area contributed by atoms with Gasteiger partial charge in [-0.25, -0.2) is 0 Å². The molecule has 1 saturated heterocycles. The highest BCUT2D eigenvalue weighted by Gasteiger charge is 2.47. The zero-order valence-corrected chi connectivity index (χ0v) is 17.0. The molecule has 8 nitrogen and oxygen atoms in total. The molecule has 0 spiro atoms. The van der Waals surface area contributed by atoms with Crippen LogP contribution in [-0.2, 0) is 37.0 Å². The summed E-state index contributed by atoms with van der Waals surface area (Å²) < 4.78 is 23.3. The van der Waals surface area contributed by atoms with Crippen LogP contribution in [-0.4, -0.2) is 36.6 Å². The molecular weight excluding hydrogens is 386 g/mol. The molecule has 0 aliphatic carbocycles. The first-order valence-corrected chi connectivity index (χ1v) is 9.76. The van der Waals surface area contributed by atoms with Gasteiger partial charge >= 0.3 is 5.97 Å². The van der Waals surface area contributed by atoms with Gasteiger partial charge in [0, 0.05) is 11.8 Å². The zero-order chi connectivity index (χ0) is 21.3. The van der Waals surface area contributed by atoms with Crippen molar-refractivity contribution in [3.8, 4) is 0 Å². The van der Waals surface area contributed by atoms with E-state index in [4.69, 9.17) is 18.9 Å². The highest BCUT2D eigenvalue weighted by molar-refractivity contribution is 5.66. The van der Waals surface area contributed by atoms with Gasteiger partial charge in [-0.05, 0) is 23.6 Å². The summed E-state index contributed by atoms with van der Waals surface area (Å²) >= 11 is 0. The Kier molecular flexibility index (Phi) is 7.82. The van der Waals surface area contributed by atoms with Crippen LogP contribution in [0.15, 0.2) is 65.8 Å². The zero-order valence-electron chi connectivity index (χ0n) is 17.0. The fraction of sp³-hybridized carbons (Fsp3) is 0.409. The maximum atomic E-state index is 11.6. The average molecular weight is 411 g/mol. The van der Waals surface area contributed by atoms with Crippen molar-refractivity contribution < 1.29 is 23.7 Å². The van der Waals surface area contributed by atoms with Crippen molar-refractivity contribution in [1.82, 2.24) is 0 Å². The van der Waals surface area contributed by atoms with E-state index < -0.39 is 36.6 Å². The first-order valence-electron chi connectivity index (χ1n) is 9.76. The van der Waals surface area contributed by atoms with Gasteiger partial charge in [0.25, 0.3) is 0 Å². The van der Waals surface area contributed by atoms with Gasteiger partial charge in [-0.15, -0.1) is 0 Å². The van der Waals surface area contributed by atoms with Crippen LogP contribution < -0.4 is 0 Å². The fourth-order valence-corrected chi connectivity index (χ4v) is 3.39. The normalized spacial score (nSPS) is 25.9. The minimum absolute atomic E-state index is 0.240. The second-order valence-corrected chi connectivity index (χ2v) is 7.04. The van der Waals surface area contributed by atoms with Gasteiger partial charge in [-0.2, -0.15) is 0 Å². The number of rotatable bonds is 8. The third-order valence-corrected chi connectivity index (χ3v) is 4.79. The van der Waals surface area contributed by atoms with Crippen LogP contribution in [0.2, 0.25) is 0 Å². The Labute approximate surface area is 175 Å². The maximum Gasteiger partial charge on any atom is 0.305 e. The predicted octanol–water partition coefficient (Wildman–Crippen LogP) is 4.14. The average Bonchev–Trinajstić information content (AvgIpc) is 2.74. The topological polar surface area (TPSA) is 103 Å². The molecule has 0 radical (unpaired) electrons. The molecule has 2 aromatic carbocycles. The van der Waals surface area contributed by atoms with E-state index in [9.17, 15) is 10.3 Å². The molecule has 2 aromatic rings. The number of carbonyl (C=O) groups is 1. The second-order valence-electron chi connectivity index (χ2n) is 7.04. The van der Waals surface area contributed by atoms with Crippen molar-refractivity contribution in [2.75, 3.05) is 0 Å². The molecule has 158 valence electrons. The van der Waals surface area contributed by atoms with Crippen LogP contribution in [0.4, 0.5) is 0 Å². The lowest BCUT2D eigenvalue weighted by Gasteiger charge is -2.43. The molecule has 0 bridgehead atoms. The Morgan fingerprint density at radius 1 is 1.00 bits per heavy atom. The second kappa shape index (κ2) is 10.8. The third kappa shape index (κ3) is 5.81. The van der Waals surface area contributed by atoms with Gasteiger partial charge in [-0.3, -0.25) is 4.79 Å². The molecule has 0 saturated carbocycles. The molecule has 8 heteroatoms. The summed E-state index contributed by atoms with van der Waals surface area (Å²) in [7, 11) is 0. The van der Waals surface area contributed by atoms with Gasteiger partial charge in [0.15, 0.2) is 0 Å². The number of azide groups is 1. The summed E-state index contributed by atoms with van der Waals surface area (Å²) in [6.45, 7) is 3.65. The molecule has 0 amide bonds. The molecule has 0 N–H and O–H groups in total. The van der Waals surface area contributed by atoms with Gasteiger partial charge < -0.3 is 18.9 Å². The van der Waals surface area contributed by atoms with Crippen molar-refractivity contribution in [3.05, 3.63) is 82.2 Å². The van der Waals surface area contributed by atoms with Gasteiger partial charge in [-0.1, -0.05) is 65.8 Å². The quantitative estimate of drug-likeness (QED) is 0.281. The molecule has 1 aliphatic heterocycles. The summed E-state index contributed by atoms with van der Waals surface area (Å²) in [5.41, 5.74) is 11.1. The van der Waals surface area contributed by atoms with Gasteiger partial charge in [0.05, 0.1) is 31.5 Å². The Bertz CT molecular complexity index is 858. The van der Waals surface area contributed by atoms with Crippen LogP contribution in [0.3, 0.4) is 0 Å². The molecule has 30 heavy (non-hydrogen) atoms. The van der Waals surface area contributed by atoms with Crippen molar-refractivity contribution >= 4 is 5.97 Å². The summed E-state index contributed by atoms with van der Waals surface area (Å²) in [6, 6.07) is 18.5. The van der Waals surface area contributed by atoms with Crippen molar-refractivity contribution in [3.63, 3.8) is 0 Å². The number of benzene rings is 2. The lowest BCUT2D eigenvalue weighted by Crippen LogP contribution is -2.58. The van der Waals surface area contributed by atoms with Gasteiger partial charge in [0.2, 0.25) is 6.29 Å². The van der Waals surface area contributed by atoms with Crippen LogP contribution in [0, 0.1) is 0 Å². The minimum Gasteiger partial charge on any atom is -0.433 e. The van der Waals surface area contributed by atoms with Crippen LogP contribution in [0.5, 0.6) is 0 Å². The van der Waals surface area contributed by atoms with E-state index in [0.717, 1.165) is 11.1 Å². The van der Waals surface area contributed by atoms with E-state index in [0.29, 0.717) is 6.61 Å². The first-order chi connectivity index (χ1) is 14.6. The summed E-state index contributed by atoms with van der Waals surface area (Å²) in [6.07, 6.45) is -2.88. The first kappa shape index (κ1) is 21.8. The lowest BCUT2D eigenvalue weighted by atomic mass is 9.97. The molecular formula is C22H25N3O5. The van der Waals surface area contributed by atoms with Crippen LogP contribution in [0.1, 0.15) is 25.0 Å². The highest BCUT2D eigenvalue weighted by atomic mass is 16.7. The smallest absolute Gasteiger partial charge is 0.305 e. The number of hydrogen-bond acceptors (Lipinski definition) is 6. The van der Waals surface area contributed by atoms with E-state index >= 15 is 0 Å². The van der Waals surface area contributed by atoms with Crippen molar-refractivity contribution in [2.45, 2.75) is 57.7 Å². The molecule has 3 rings (SSSR count). The SMILES string of the molecule is CC(=O)O[C@@H]1OC(C)[C@@H](OCc2ccccc2)C(N=[N+]=[N-])C1OCc1ccccc1. The van der Waals surface area contributed by atoms with Crippen LogP contribution in [0.25, 0.3) is 10.4 Å². The highest BCUT2D eigenvalue weighted by Crippen LogP contribution is 2.30. The largest absolute Gasteiger partial charge is 0.433 e. The number of esters is 1. The summed E-state index contributed by atoms with van der Waals surface area (Å²) in [4.78, 5) is 14.6. The number of nitrogens with zero attached hydrogens (tertiary/aromatic N) is 3. The van der Waals surface area contributed by atoms with Crippen LogP contribution >= 0.6 is 0 Å². The van der Waals surface area contributed by atoms with E-state index in [2.05, 4.69) is 10.0 Å². The summed E-state index contributed by atoms with van der Waals surface area (Å²) in [5, 5.41) is 3.94. The van der Waals surface area contributed by atoms with Crippen molar-refractivity contribution in [1.29, 1.82) is 0 Å². The Hall–Kier alpha value is -2.90. The van der Waals surface area contributed by atoms with E-state index in [-0.39, 0.29) is 6.61 Å².